The fourth-order valence-corrected chi connectivity index (χ4v) is 2.86. The van der Waals surface area contributed by atoms with Crippen LogP contribution in [0.1, 0.15) is 40.9 Å². The number of nitrogens with one attached hydrogen (secondary N) is 3. The van der Waals surface area contributed by atoms with Gasteiger partial charge in [-0.15, -0.1) is 0 Å². The number of aromatic nitrogens is 2. The van der Waals surface area contributed by atoms with E-state index in [-0.39, 0.29) is 17.7 Å². The first-order valence-corrected chi connectivity index (χ1v) is 7.43. The van der Waals surface area contributed by atoms with E-state index in [1.165, 1.54) is 0 Å². The molecule has 118 valence electrons. The minimum absolute atomic E-state index is 0.0988. The third-order valence-electron chi connectivity index (χ3n) is 4.00. The molecule has 1 aromatic carbocycles. The number of aromatic amines is 1. The number of H-pyrrole nitrogens is 1. The summed E-state index contributed by atoms with van der Waals surface area (Å²) in [4.78, 5) is 24.0. The van der Waals surface area contributed by atoms with Crippen LogP contribution < -0.4 is 10.6 Å². The van der Waals surface area contributed by atoms with Gasteiger partial charge in [0.2, 0.25) is 5.91 Å². The molecule has 6 nitrogen and oxygen atoms in total. The topological polar surface area (TPSA) is 86.9 Å². The van der Waals surface area contributed by atoms with Crippen LogP contribution in [0.4, 0.5) is 5.82 Å². The second-order valence-corrected chi connectivity index (χ2v) is 5.54. The van der Waals surface area contributed by atoms with Crippen molar-refractivity contribution in [2.45, 2.75) is 19.3 Å². The Balaban J connectivity index is 2.04. The van der Waals surface area contributed by atoms with E-state index in [1.807, 2.05) is 43.3 Å². The van der Waals surface area contributed by atoms with Gasteiger partial charge in [-0.2, -0.15) is 5.10 Å². The number of fused-ring (bicyclic) bond motifs is 1. The Hall–Kier alpha value is -2.89. The normalized spacial score (nSPS) is 17.4. The number of allylic oxidation sites excluding steroid dienone is 1. The third-order valence-corrected chi connectivity index (χ3v) is 4.00. The lowest BCUT2D eigenvalue weighted by Gasteiger charge is -2.23. The van der Waals surface area contributed by atoms with E-state index >= 15 is 0 Å². The number of carbonyl (C=O) groups excluding carboxylic acids is 2. The molecule has 23 heavy (non-hydrogen) atoms. The van der Waals surface area contributed by atoms with Gasteiger partial charge in [0.05, 0.1) is 0 Å². The lowest BCUT2D eigenvalue weighted by Crippen LogP contribution is -2.26. The molecule has 0 spiro atoms. The standard InChI is InChI=1S/C17H18N4O2/c1-10(8-11-6-4-3-5-7-11)12-9-13(22)19-16-14(12)15(20-21-16)17(23)18-2/h3-8,12H,9H2,1-2H3,(H,18,23)(H2,19,20,21,22). The molecule has 1 aliphatic rings. The number of anilines is 1. The summed E-state index contributed by atoms with van der Waals surface area (Å²) in [6.07, 6.45) is 2.33. The molecule has 2 amide bonds. The number of carbonyl (C=O) groups is 2. The highest BCUT2D eigenvalue weighted by Crippen LogP contribution is 2.38. The summed E-state index contributed by atoms with van der Waals surface area (Å²) in [5, 5.41) is 12.1. The minimum Gasteiger partial charge on any atom is -0.354 e. The van der Waals surface area contributed by atoms with E-state index in [1.54, 1.807) is 7.05 Å². The van der Waals surface area contributed by atoms with Crippen LogP contribution in [0, 0.1) is 0 Å². The molecule has 1 unspecified atom stereocenters. The molecule has 0 aliphatic carbocycles. The van der Waals surface area contributed by atoms with E-state index in [0.717, 1.165) is 16.7 Å². The van der Waals surface area contributed by atoms with E-state index < -0.39 is 0 Å². The maximum atomic E-state index is 12.0. The van der Waals surface area contributed by atoms with Crippen LogP contribution in [-0.2, 0) is 4.79 Å². The van der Waals surface area contributed by atoms with E-state index in [4.69, 9.17) is 0 Å². The Kier molecular flexibility index (Phi) is 3.97. The summed E-state index contributed by atoms with van der Waals surface area (Å²) in [7, 11) is 1.57. The van der Waals surface area contributed by atoms with Gasteiger partial charge in [-0.1, -0.05) is 42.0 Å². The van der Waals surface area contributed by atoms with E-state index in [0.29, 0.717) is 17.9 Å². The Bertz CT molecular complexity index is 777. The zero-order chi connectivity index (χ0) is 16.4. The van der Waals surface area contributed by atoms with Crippen molar-refractivity contribution in [3.8, 4) is 0 Å². The van der Waals surface area contributed by atoms with E-state index in [9.17, 15) is 9.59 Å². The molecule has 0 radical (unpaired) electrons. The highest BCUT2D eigenvalue weighted by molar-refractivity contribution is 6.00. The van der Waals surface area contributed by atoms with Crippen molar-refractivity contribution < 1.29 is 9.59 Å². The zero-order valence-corrected chi connectivity index (χ0v) is 13.0. The van der Waals surface area contributed by atoms with Gasteiger partial charge in [-0.25, -0.2) is 0 Å². The van der Waals surface area contributed by atoms with E-state index in [2.05, 4.69) is 20.8 Å². The van der Waals surface area contributed by atoms with Crippen molar-refractivity contribution in [2.75, 3.05) is 12.4 Å². The maximum absolute atomic E-state index is 12.0. The Morgan fingerprint density at radius 2 is 2.09 bits per heavy atom. The van der Waals surface area contributed by atoms with Crippen LogP contribution in [0.2, 0.25) is 0 Å². The largest absolute Gasteiger partial charge is 0.354 e. The number of nitrogens with zero attached hydrogens (tertiary/aromatic N) is 1. The van der Waals surface area contributed by atoms with Gasteiger partial charge in [0.1, 0.15) is 5.69 Å². The summed E-state index contributed by atoms with van der Waals surface area (Å²) in [6.45, 7) is 1.97. The first kappa shape index (κ1) is 15.0. The number of amides is 2. The average molecular weight is 310 g/mol. The van der Waals surface area contributed by atoms with Crippen molar-refractivity contribution in [3.63, 3.8) is 0 Å². The molecule has 1 aromatic heterocycles. The molecule has 1 aliphatic heterocycles. The summed E-state index contributed by atoms with van der Waals surface area (Å²) in [6, 6.07) is 9.89. The second kappa shape index (κ2) is 6.08. The molecule has 2 aromatic rings. The van der Waals surface area contributed by atoms with Crippen molar-refractivity contribution in [1.82, 2.24) is 15.5 Å². The lowest BCUT2D eigenvalue weighted by molar-refractivity contribution is -0.116. The molecule has 3 rings (SSSR count). The molecule has 3 N–H and O–H groups in total. The molecule has 0 saturated carbocycles. The molecular weight excluding hydrogens is 292 g/mol. The van der Waals surface area contributed by atoms with Crippen molar-refractivity contribution in [3.05, 3.63) is 52.7 Å². The Morgan fingerprint density at radius 3 is 2.78 bits per heavy atom. The maximum Gasteiger partial charge on any atom is 0.269 e. The highest BCUT2D eigenvalue weighted by atomic mass is 16.2. The van der Waals surface area contributed by atoms with Gasteiger partial charge in [-0.05, 0) is 12.5 Å². The monoisotopic (exact) mass is 310 g/mol. The third kappa shape index (κ3) is 2.88. The number of rotatable bonds is 3. The van der Waals surface area contributed by atoms with Gasteiger partial charge in [0, 0.05) is 24.9 Å². The molecule has 0 bridgehead atoms. The molecule has 6 heteroatoms. The van der Waals surface area contributed by atoms with Gasteiger partial charge >= 0.3 is 0 Å². The summed E-state index contributed by atoms with van der Waals surface area (Å²) < 4.78 is 0. The van der Waals surface area contributed by atoms with Gasteiger partial charge in [-0.3, -0.25) is 14.7 Å². The summed E-state index contributed by atoms with van der Waals surface area (Å²) >= 11 is 0. The van der Waals surface area contributed by atoms with Gasteiger partial charge < -0.3 is 10.6 Å². The molecule has 1 atom stereocenters. The van der Waals surface area contributed by atoms with Crippen LogP contribution in [0.5, 0.6) is 0 Å². The first-order valence-electron chi connectivity index (χ1n) is 7.43. The predicted octanol–water partition coefficient (Wildman–Crippen LogP) is 2.30. The lowest BCUT2D eigenvalue weighted by atomic mass is 9.85. The van der Waals surface area contributed by atoms with Crippen LogP contribution in [0.15, 0.2) is 35.9 Å². The minimum atomic E-state index is -0.243. The fraction of sp³-hybridized carbons (Fsp3) is 0.235. The van der Waals surface area contributed by atoms with Gasteiger partial charge in [0.25, 0.3) is 5.91 Å². The Labute approximate surface area is 134 Å². The van der Waals surface area contributed by atoms with Crippen molar-refractivity contribution in [1.29, 1.82) is 0 Å². The molecule has 0 fully saturated rings. The van der Waals surface area contributed by atoms with Crippen LogP contribution in [0.3, 0.4) is 0 Å². The van der Waals surface area contributed by atoms with Gasteiger partial charge in [0.15, 0.2) is 5.82 Å². The number of hydrogen-bond donors (Lipinski definition) is 3. The molecule has 0 saturated heterocycles. The molecular formula is C17H18N4O2. The predicted molar refractivity (Wildman–Crippen MR) is 88.1 cm³/mol. The van der Waals surface area contributed by atoms with Crippen LogP contribution in [-0.4, -0.2) is 29.1 Å². The fourth-order valence-electron chi connectivity index (χ4n) is 2.86. The smallest absolute Gasteiger partial charge is 0.269 e. The summed E-state index contributed by atoms with van der Waals surface area (Å²) in [5.74, 6) is -0.0821. The average Bonchev–Trinajstić information content (AvgIpc) is 2.97. The van der Waals surface area contributed by atoms with Crippen molar-refractivity contribution in [2.24, 2.45) is 0 Å². The van der Waals surface area contributed by atoms with Crippen LogP contribution in [0.25, 0.3) is 6.08 Å². The highest BCUT2D eigenvalue weighted by Gasteiger charge is 2.33. The zero-order valence-electron chi connectivity index (χ0n) is 13.0. The van der Waals surface area contributed by atoms with Crippen molar-refractivity contribution >= 4 is 23.7 Å². The quantitative estimate of drug-likeness (QED) is 0.813. The number of benzene rings is 1. The Morgan fingerprint density at radius 1 is 1.35 bits per heavy atom. The van der Waals surface area contributed by atoms with Crippen LogP contribution >= 0.6 is 0 Å². The number of hydrogen-bond acceptors (Lipinski definition) is 3. The first-order chi connectivity index (χ1) is 11.1. The summed E-state index contributed by atoms with van der Waals surface area (Å²) in [5.41, 5.74) is 3.21. The second-order valence-electron chi connectivity index (χ2n) is 5.54. The SMILES string of the molecule is CNC(=O)c1[nH]nc2c1C(C(C)=Cc1ccccc1)CC(=O)N2. The molecule has 2 heterocycles.